The van der Waals surface area contributed by atoms with E-state index in [0.717, 1.165) is 41.4 Å². The van der Waals surface area contributed by atoms with Gasteiger partial charge in [-0.15, -0.1) is 11.6 Å². The first-order chi connectivity index (χ1) is 10.2. The molecule has 4 nitrogen and oxygen atoms in total. The van der Waals surface area contributed by atoms with E-state index >= 15 is 0 Å². The van der Waals surface area contributed by atoms with Gasteiger partial charge in [-0.1, -0.05) is 26.2 Å². The van der Waals surface area contributed by atoms with Gasteiger partial charge in [0.25, 0.3) is 0 Å². The van der Waals surface area contributed by atoms with Crippen molar-refractivity contribution in [1.29, 1.82) is 0 Å². The first-order valence-corrected chi connectivity index (χ1v) is 8.69. The van der Waals surface area contributed by atoms with Crippen molar-refractivity contribution in [1.82, 2.24) is 19.3 Å². The van der Waals surface area contributed by atoms with Crippen LogP contribution in [0.15, 0.2) is 0 Å². The molecule has 3 rings (SSSR count). The van der Waals surface area contributed by atoms with Crippen molar-refractivity contribution in [3.8, 4) is 0 Å². The standard InChI is InChI=1S/C16H25ClN4/c1-4-7-13-15-16(20(3)19-13)21(14(10-17)18-15)11(2)12-8-5-6-9-12/h11-12H,4-10H2,1-3H3. The largest absolute Gasteiger partial charge is 0.309 e. The lowest BCUT2D eigenvalue weighted by Crippen LogP contribution is -2.17. The number of alkyl halides is 1. The van der Waals surface area contributed by atoms with E-state index in [1.807, 2.05) is 11.7 Å². The summed E-state index contributed by atoms with van der Waals surface area (Å²) >= 11 is 6.18. The Hall–Kier alpha value is -1.03. The van der Waals surface area contributed by atoms with Crippen LogP contribution in [0.3, 0.4) is 0 Å². The third-order valence-corrected chi connectivity index (χ3v) is 5.14. The van der Waals surface area contributed by atoms with Crippen LogP contribution in [0.1, 0.15) is 63.5 Å². The number of imidazole rings is 1. The van der Waals surface area contributed by atoms with Gasteiger partial charge in [0, 0.05) is 13.1 Å². The zero-order valence-corrected chi connectivity index (χ0v) is 14.0. The first kappa shape index (κ1) is 14.9. The number of aromatic nitrogens is 4. The highest BCUT2D eigenvalue weighted by Crippen LogP contribution is 2.37. The minimum atomic E-state index is 0.455. The van der Waals surface area contributed by atoms with Crippen LogP contribution in [0.2, 0.25) is 0 Å². The summed E-state index contributed by atoms with van der Waals surface area (Å²) in [6.07, 6.45) is 7.43. The van der Waals surface area contributed by atoms with Crippen LogP contribution in [0.5, 0.6) is 0 Å². The monoisotopic (exact) mass is 308 g/mol. The van der Waals surface area contributed by atoms with Gasteiger partial charge in [-0.25, -0.2) is 4.98 Å². The highest BCUT2D eigenvalue weighted by molar-refractivity contribution is 6.16. The molecular formula is C16H25ClN4. The van der Waals surface area contributed by atoms with Crippen molar-refractivity contribution in [3.05, 3.63) is 11.5 Å². The quantitative estimate of drug-likeness (QED) is 0.776. The molecule has 21 heavy (non-hydrogen) atoms. The van der Waals surface area contributed by atoms with Crippen molar-refractivity contribution >= 4 is 22.8 Å². The smallest absolute Gasteiger partial charge is 0.158 e. The molecule has 2 aromatic heterocycles. The van der Waals surface area contributed by atoms with Crippen LogP contribution >= 0.6 is 11.6 Å². The van der Waals surface area contributed by atoms with E-state index in [1.165, 1.54) is 25.7 Å². The number of nitrogens with zero attached hydrogens (tertiary/aromatic N) is 4. The minimum absolute atomic E-state index is 0.455. The fraction of sp³-hybridized carbons (Fsp3) is 0.750. The molecule has 0 bridgehead atoms. The van der Waals surface area contributed by atoms with Crippen molar-refractivity contribution in [2.24, 2.45) is 13.0 Å². The summed E-state index contributed by atoms with van der Waals surface area (Å²) in [5.74, 6) is 2.21. The summed E-state index contributed by atoms with van der Waals surface area (Å²) in [6.45, 7) is 4.50. The summed E-state index contributed by atoms with van der Waals surface area (Å²) in [5, 5.41) is 4.67. The molecule has 0 N–H and O–H groups in total. The topological polar surface area (TPSA) is 35.6 Å². The van der Waals surface area contributed by atoms with E-state index < -0.39 is 0 Å². The second kappa shape index (κ2) is 5.99. The van der Waals surface area contributed by atoms with E-state index in [0.29, 0.717) is 11.9 Å². The number of halogens is 1. The summed E-state index contributed by atoms with van der Waals surface area (Å²) < 4.78 is 4.35. The number of hydrogen-bond donors (Lipinski definition) is 0. The van der Waals surface area contributed by atoms with E-state index in [-0.39, 0.29) is 0 Å². The summed E-state index contributed by atoms with van der Waals surface area (Å²) in [6, 6.07) is 0.455. The van der Waals surface area contributed by atoms with Crippen molar-refractivity contribution in [2.75, 3.05) is 0 Å². The highest BCUT2D eigenvalue weighted by Gasteiger charge is 2.28. The van der Waals surface area contributed by atoms with E-state index in [2.05, 4.69) is 23.5 Å². The highest BCUT2D eigenvalue weighted by atomic mass is 35.5. The second-order valence-corrected chi connectivity index (χ2v) is 6.58. The molecule has 1 atom stereocenters. The van der Waals surface area contributed by atoms with Crippen LogP contribution in [0.25, 0.3) is 11.2 Å². The fourth-order valence-corrected chi connectivity index (χ4v) is 4.01. The van der Waals surface area contributed by atoms with Crippen LogP contribution in [0.4, 0.5) is 0 Å². The lowest BCUT2D eigenvalue weighted by atomic mass is 9.99. The Morgan fingerprint density at radius 2 is 2.05 bits per heavy atom. The number of rotatable bonds is 5. The Morgan fingerprint density at radius 3 is 2.67 bits per heavy atom. The Morgan fingerprint density at radius 1 is 1.33 bits per heavy atom. The predicted molar refractivity (Wildman–Crippen MR) is 86.7 cm³/mol. The van der Waals surface area contributed by atoms with Crippen LogP contribution < -0.4 is 0 Å². The van der Waals surface area contributed by atoms with Crippen molar-refractivity contribution in [2.45, 2.75) is 64.3 Å². The van der Waals surface area contributed by atoms with Gasteiger partial charge in [0.15, 0.2) is 5.65 Å². The van der Waals surface area contributed by atoms with Gasteiger partial charge >= 0.3 is 0 Å². The molecule has 2 aromatic rings. The SMILES string of the molecule is CCCc1nn(C)c2c1nc(CCl)n2C(C)C1CCCC1. The molecule has 2 heterocycles. The normalized spacial score (nSPS) is 17.9. The molecule has 1 aliphatic carbocycles. The average molecular weight is 309 g/mol. The van der Waals surface area contributed by atoms with Gasteiger partial charge in [0.1, 0.15) is 11.3 Å². The summed E-state index contributed by atoms with van der Waals surface area (Å²) in [5.41, 5.74) is 3.31. The molecule has 5 heteroatoms. The maximum Gasteiger partial charge on any atom is 0.158 e. The molecule has 0 saturated heterocycles. The van der Waals surface area contributed by atoms with E-state index in [4.69, 9.17) is 16.6 Å². The molecule has 1 fully saturated rings. The lowest BCUT2D eigenvalue weighted by molar-refractivity contribution is 0.358. The van der Waals surface area contributed by atoms with Crippen molar-refractivity contribution in [3.63, 3.8) is 0 Å². The minimum Gasteiger partial charge on any atom is -0.309 e. The first-order valence-electron chi connectivity index (χ1n) is 8.16. The number of hydrogen-bond acceptors (Lipinski definition) is 2. The maximum absolute atomic E-state index is 6.18. The van der Waals surface area contributed by atoms with Gasteiger partial charge in [-0.05, 0) is 32.1 Å². The molecule has 0 radical (unpaired) electrons. The number of aryl methyl sites for hydroxylation is 2. The van der Waals surface area contributed by atoms with Crippen LogP contribution in [-0.4, -0.2) is 19.3 Å². The van der Waals surface area contributed by atoms with Gasteiger partial charge < -0.3 is 4.57 Å². The molecule has 0 aliphatic heterocycles. The summed E-state index contributed by atoms with van der Waals surface area (Å²) in [4.78, 5) is 4.81. The zero-order valence-electron chi connectivity index (χ0n) is 13.3. The second-order valence-electron chi connectivity index (χ2n) is 6.31. The fourth-order valence-electron chi connectivity index (χ4n) is 3.83. The Labute approximate surface area is 131 Å². The Balaban J connectivity index is 2.10. The molecular weight excluding hydrogens is 284 g/mol. The summed E-state index contributed by atoms with van der Waals surface area (Å²) in [7, 11) is 2.03. The molecule has 116 valence electrons. The van der Waals surface area contributed by atoms with Crippen LogP contribution in [-0.2, 0) is 19.3 Å². The molecule has 0 spiro atoms. The predicted octanol–water partition coefficient (Wildman–Crippen LogP) is 4.21. The average Bonchev–Trinajstić information content (AvgIpc) is 3.17. The molecule has 0 aromatic carbocycles. The third kappa shape index (κ3) is 2.48. The van der Waals surface area contributed by atoms with E-state index in [1.54, 1.807) is 0 Å². The Kier molecular flexibility index (Phi) is 4.25. The van der Waals surface area contributed by atoms with Gasteiger partial charge in [0.2, 0.25) is 0 Å². The van der Waals surface area contributed by atoms with Gasteiger partial charge in [-0.2, -0.15) is 5.10 Å². The van der Waals surface area contributed by atoms with Gasteiger partial charge in [0.05, 0.1) is 11.6 Å². The number of fused-ring (bicyclic) bond motifs is 1. The maximum atomic E-state index is 6.18. The molecule has 1 saturated carbocycles. The molecule has 1 aliphatic rings. The third-order valence-electron chi connectivity index (χ3n) is 4.91. The van der Waals surface area contributed by atoms with E-state index in [9.17, 15) is 0 Å². The molecule has 1 unspecified atom stereocenters. The molecule has 0 amide bonds. The van der Waals surface area contributed by atoms with Crippen LogP contribution in [0, 0.1) is 5.92 Å². The zero-order chi connectivity index (χ0) is 15.0. The Bertz CT molecular complexity index is 622. The lowest BCUT2D eigenvalue weighted by Gasteiger charge is -2.23. The van der Waals surface area contributed by atoms with Crippen molar-refractivity contribution < 1.29 is 0 Å². The van der Waals surface area contributed by atoms with Gasteiger partial charge in [-0.3, -0.25) is 4.68 Å².